The molecule has 4 rings (SSSR count). The number of para-hydroxylation sites is 1. The Bertz CT molecular complexity index is 1170. The molecule has 0 unspecified atom stereocenters. The van der Waals surface area contributed by atoms with Gasteiger partial charge in [-0.1, -0.05) is 36.0 Å². The molecule has 1 atom stereocenters. The summed E-state index contributed by atoms with van der Waals surface area (Å²) in [6.45, 7) is 10.1. The number of thioether (sulfide) groups is 1. The van der Waals surface area contributed by atoms with Crippen molar-refractivity contribution in [1.82, 2.24) is 19.7 Å². The van der Waals surface area contributed by atoms with Crippen LogP contribution in [-0.2, 0) is 11.3 Å². The fourth-order valence-electron chi connectivity index (χ4n) is 2.89. The lowest BCUT2D eigenvalue weighted by Gasteiger charge is -2.11. The summed E-state index contributed by atoms with van der Waals surface area (Å²) in [6, 6.07) is 9.73. The predicted octanol–water partition coefficient (Wildman–Crippen LogP) is 5.07. The van der Waals surface area contributed by atoms with Crippen molar-refractivity contribution in [3.8, 4) is 11.6 Å². The molecule has 9 heteroatoms. The summed E-state index contributed by atoms with van der Waals surface area (Å²) in [5, 5.41) is 13.4. The van der Waals surface area contributed by atoms with Crippen LogP contribution in [0.4, 0.5) is 5.13 Å². The van der Waals surface area contributed by atoms with Gasteiger partial charge in [-0.15, -0.1) is 28.1 Å². The average Bonchev–Trinajstić information content (AvgIpc) is 3.40. The first-order valence-corrected chi connectivity index (χ1v) is 11.1. The molecule has 3 heterocycles. The standard InChI is InChI=1S/C21H21N5O2S2/c1-5-10-26-18(17-11-15-8-6-7-9-16(15)28-17)24-25-21(26)30-14(4)19(27)23-20-22-12(2)13(3)29-20/h5-9,11,14H,1,10H2,2-4H3,(H,22,23,27)/t14-/m1/s1. The van der Waals surface area contributed by atoms with Crippen LogP contribution in [0.1, 0.15) is 17.5 Å². The van der Waals surface area contributed by atoms with Crippen molar-refractivity contribution < 1.29 is 9.21 Å². The zero-order chi connectivity index (χ0) is 21.3. The monoisotopic (exact) mass is 439 g/mol. The van der Waals surface area contributed by atoms with Crippen molar-refractivity contribution in [2.75, 3.05) is 5.32 Å². The first-order valence-electron chi connectivity index (χ1n) is 9.41. The van der Waals surface area contributed by atoms with Crippen LogP contribution in [0.5, 0.6) is 0 Å². The minimum Gasteiger partial charge on any atom is -0.453 e. The molecular weight excluding hydrogens is 418 g/mol. The molecule has 4 aromatic rings. The van der Waals surface area contributed by atoms with Crippen LogP contribution in [-0.4, -0.2) is 30.9 Å². The van der Waals surface area contributed by atoms with Crippen LogP contribution in [0.2, 0.25) is 0 Å². The van der Waals surface area contributed by atoms with Gasteiger partial charge in [-0.05, 0) is 32.9 Å². The van der Waals surface area contributed by atoms with Gasteiger partial charge in [0.15, 0.2) is 16.0 Å². The Balaban J connectivity index is 1.56. The fourth-order valence-corrected chi connectivity index (χ4v) is 4.56. The first kappa shape index (κ1) is 20.4. The normalized spacial score (nSPS) is 12.2. The van der Waals surface area contributed by atoms with E-state index < -0.39 is 0 Å². The Morgan fingerprint density at radius 3 is 2.87 bits per heavy atom. The Morgan fingerprint density at radius 2 is 2.17 bits per heavy atom. The number of aryl methyl sites for hydroxylation is 2. The van der Waals surface area contributed by atoms with Crippen molar-refractivity contribution in [2.45, 2.75) is 37.7 Å². The minimum absolute atomic E-state index is 0.132. The number of benzene rings is 1. The van der Waals surface area contributed by atoms with Crippen LogP contribution in [0, 0.1) is 13.8 Å². The summed E-state index contributed by atoms with van der Waals surface area (Å²) in [7, 11) is 0. The second-order valence-electron chi connectivity index (χ2n) is 6.76. The van der Waals surface area contributed by atoms with Crippen molar-refractivity contribution in [3.05, 3.63) is 53.6 Å². The number of hydrogen-bond acceptors (Lipinski definition) is 7. The third-order valence-corrected chi connectivity index (χ3v) is 6.65. The van der Waals surface area contributed by atoms with Crippen molar-refractivity contribution in [2.24, 2.45) is 0 Å². The van der Waals surface area contributed by atoms with E-state index in [4.69, 9.17) is 4.42 Å². The van der Waals surface area contributed by atoms with Gasteiger partial charge in [0.2, 0.25) is 11.7 Å². The van der Waals surface area contributed by atoms with Gasteiger partial charge in [0.1, 0.15) is 5.58 Å². The van der Waals surface area contributed by atoms with Gasteiger partial charge < -0.3 is 9.73 Å². The summed E-state index contributed by atoms with van der Waals surface area (Å²) >= 11 is 2.81. The molecule has 30 heavy (non-hydrogen) atoms. The van der Waals surface area contributed by atoms with Crippen LogP contribution in [0.15, 0.2) is 52.6 Å². The maximum atomic E-state index is 12.6. The molecule has 7 nitrogen and oxygen atoms in total. The van der Waals surface area contributed by atoms with E-state index in [2.05, 4.69) is 27.1 Å². The maximum Gasteiger partial charge on any atom is 0.239 e. The third-order valence-electron chi connectivity index (χ3n) is 4.58. The fraction of sp³-hybridized carbons (Fsp3) is 0.238. The molecule has 0 spiro atoms. The number of anilines is 1. The van der Waals surface area contributed by atoms with Gasteiger partial charge in [-0.2, -0.15) is 0 Å². The minimum atomic E-state index is -0.384. The predicted molar refractivity (Wildman–Crippen MR) is 121 cm³/mol. The number of rotatable bonds is 7. The number of carbonyl (C=O) groups is 1. The molecule has 0 aliphatic rings. The summed E-state index contributed by atoms with van der Waals surface area (Å²) in [5.74, 6) is 1.10. The van der Waals surface area contributed by atoms with Gasteiger partial charge in [-0.25, -0.2) is 4.98 Å². The van der Waals surface area contributed by atoms with Gasteiger partial charge >= 0.3 is 0 Å². The number of thiazole rings is 1. The first-order chi connectivity index (χ1) is 14.5. The van der Waals surface area contributed by atoms with E-state index in [-0.39, 0.29) is 11.2 Å². The van der Waals surface area contributed by atoms with Crippen molar-refractivity contribution in [1.29, 1.82) is 0 Å². The topological polar surface area (TPSA) is 85.8 Å². The Kier molecular flexibility index (Phi) is 5.74. The van der Waals surface area contributed by atoms with Crippen molar-refractivity contribution >= 4 is 45.1 Å². The molecule has 0 radical (unpaired) electrons. The van der Waals surface area contributed by atoms with Crippen LogP contribution in [0.25, 0.3) is 22.6 Å². The second-order valence-corrected chi connectivity index (χ2v) is 9.28. The summed E-state index contributed by atoms with van der Waals surface area (Å²) in [6.07, 6.45) is 1.77. The van der Waals surface area contributed by atoms with Crippen LogP contribution < -0.4 is 5.32 Å². The molecule has 0 saturated heterocycles. The molecule has 1 aromatic carbocycles. The highest BCUT2D eigenvalue weighted by Crippen LogP contribution is 2.31. The van der Waals surface area contributed by atoms with E-state index in [0.717, 1.165) is 21.5 Å². The summed E-state index contributed by atoms with van der Waals surface area (Å²) < 4.78 is 7.85. The number of allylic oxidation sites excluding steroid dienone is 1. The number of nitrogens with one attached hydrogen (secondary N) is 1. The van der Waals surface area contributed by atoms with Gasteiger partial charge in [0, 0.05) is 16.8 Å². The lowest BCUT2D eigenvalue weighted by molar-refractivity contribution is -0.115. The zero-order valence-electron chi connectivity index (χ0n) is 16.9. The number of hydrogen-bond donors (Lipinski definition) is 1. The molecule has 3 aromatic heterocycles. The highest BCUT2D eigenvalue weighted by Gasteiger charge is 2.22. The van der Waals surface area contributed by atoms with Crippen molar-refractivity contribution in [3.63, 3.8) is 0 Å². The molecular formula is C21H21N5O2S2. The lowest BCUT2D eigenvalue weighted by Crippen LogP contribution is -2.22. The van der Waals surface area contributed by atoms with E-state index in [1.165, 1.54) is 23.1 Å². The Labute approximate surface area is 182 Å². The average molecular weight is 440 g/mol. The van der Waals surface area contributed by atoms with E-state index in [1.54, 1.807) is 6.08 Å². The smallest absolute Gasteiger partial charge is 0.239 e. The molecule has 1 amide bonds. The Hall–Kier alpha value is -2.91. The number of furan rings is 1. The van der Waals surface area contributed by atoms with E-state index in [1.807, 2.05) is 55.7 Å². The van der Waals surface area contributed by atoms with Gasteiger partial charge in [0.25, 0.3) is 0 Å². The molecule has 0 aliphatic carbocycles. The third kappa shape index (κ3) is 4.03. The van der Waals surface area contributed by atoms with Crippen LogP contribution in [0.3, 0.4) is 0 Å². The quantitative estimate of drug-likeness (QED) is 0.320. The number of fused-ring (bicyclic) bond motifs is 1. The van der Waals surface area contributed by atoms with Gasteiger partial charge in [0.05, 0.1) is 10.9 Å². The second kappa shape index (κ2) is 8.45. The number of aromatic nitrogens is 4. The number of carbonyl (C=O) groups excluding carboxylic acids is 1. The molecule has 0 fully saturated rings. The van der Waals surface area contributed by atoms with E-state index in [0.29, 0.717) is 28.4 Å². The highest BCUT2D eigenvalue weighted by molar-refractivity contribution is 8.00. The SMILES string of the molecule is C=CCn1c(S[C@H](C)C(=O)Nc2nc(C)c(C)s2)nnc1-c1cc2ccccc2o1. The molecule has 0 saturated carbocycles. The summed E-state index contributed by atoms with van der Waals surface area (Å²) in [4.78, 5) is 18.1. The lowest BCUT2D eigenvalue weighted by atomic mass is 10.2. The number of amides is 1. The highest BCUT2D eigenvalue weighted by atomic mass is 32.2. The molecule has 0 aliphatic heterocycles. The molecule has 154 valence electrons. The van der Waals surface area contributed by atoms with E-state index in [9.17, 15) is 4.79 Å². The largest absolute Gasteiger partial charge is 0.453 e. The maximum absolute atomic E-state index is 12.6. The molecule has 0 bridgehead atoms. The Morgan fingerprint density at radius 1 is 1.37 bits per heavy atom. The van der Waals surface area contributed by atoms with Gasteiger partial charge in [-0.3, -0.25) is 9.36 Å². The zero-order valence-corrected chi connectivity index (χ0v) is 18.5. The summed E-state index contributed by atoms with van der Waals surface area (Å²) in [5.41, 5.74) is 1.72. The van der Waals surface area contributed by atoms with Crippen LogP contribution >= 0.6 is 23.1 Å². The number of nitrogens with zero attached hydrogens (tertiary/aromatic N) is 4. The molecule has 1 N–H and O–H groups in total. The van der Waals surface area contributed by atoms with E-state index >= 15 is 0 Å².